The van der Waals surface area contributed by atoms with Gasteiger partial charge in [0.1, 0.15) is 6.54 Å². The second kappa shape index (κ2) is 7.88. The van der Waals surface area contributed by atoms with Crippen LogP contribution in [0.2, 0.25) is 0 Å². The number of rotatable bonds is 7. The van der Waals surface area contributed by atoms with Gasteiger partial charge >= 0.3 is 12.0 Å². The molecule has 21 heavy (non-hydrogen) atoms. The summed E-state index contributed by atoms with van der Waals surface area (Å²) in [5.41, 5.74) is 5.72. The van der Waals surface area contributed by atoms with Crippen LogP contribution in [-0.4, -0.2) is 48.1 Å². The minimum atomic E-state index is -0.916. The molecule has 0 heterocycles. The summed E-state index contributed by atoms with van der Waals surface area (Å²) in [6, 6.07) is 8.47. The molecule has 3 N–H and O–H groups in total. The summed E-state index contributed by atoms with van der Waals surface area (Å²) in [5.74, 6) is -1.52. The van der Waals surface area contributed by atoms with Crippen LogP contribution in [0.4, 0.5) is 10.5 Å². The Labute approximate surface area is 122 Å². The van der Waals surface area contributed by atoms with E-state index in [1.807, 2.05) is 6.07 Å². The van der Waals surface area contributed by atoms with Gasteiger partial charge in [-0.2, -0.15) is 0 Å². The second-order valence-corrected chi connectivity index (χ2v) is 4.59. The number of hydrogen-bond donors (Lipinski definition) is 2. The Morgan fingerprint density at radius 2 is 1.81 bits per heavy atom. The molecule has 0 aliphatic carbocycles. The summed E-state index contributed by atoms with van der Waals surface area (Å²) in [5, 5.41) is 8.69. The number of carboxylic acids is 1. The average Bonchev–Trinajstić information content (AvgIpc) is 2.43. The third kappa shape index (κ3) is 5.52. The fraction of sp³-hybridized carbons (Fsp3) is 0.357. The zero-order chi connectivity index (χ0) is 15.8. The third-order valence-corrected chi connectivity index (χ3v) is 2.79. The SMILES string of the molecule is CN(CC(N)=O)C(=O)N(CCCC(=O)O)c1ccccc1. The minimum Gasteiger partial charge on any atom is -0.481 e. The predicted molar refractivity (Wildman–Crippen MR) is 77.9 cm³/mol. The number of carbonyl (C=O) groups excluding carboxylic acids is 2. The van der Waals surface area contributed by atoms with E-state index < -0.39 is 17.9 Å². The molecule has 0 saturated carbocycles. The van der Waals surface area contributed by atoms with Crippen LogP contribution in [0.15, 0.2) is 30.3 Å². The molecular weight excluding hydrogens is 274 g/mol. The highest BCUT2D eigenvalue weighted by Crippen LogP contribution is 2.16. The van der Waals surface area contributed by atoms with Crippen molar-refractivity contribution in [1.82, 2.24) is 4.90 Å². The van der Waals surface area contributed by atoms with Crippen LogP contribution < -0.4 is 10.6 Å². The molecule has 0 atom stereocenters. The number of benzene rings is 1. The highest BCUT2D eigenvalue weighted by molar-refractivity contribution is 5.94. The van der Waals surface area contributed by atoms with E-state index in [-0.39, 0.29) is 19.5 Å². The lowest BCUT2D eigenvalue weighted by Crippen LogP contribution is -2.45. The van der Waals surface area contributed by atoms with Crippen LogP contribution in [0.5, 0.6) is 0 Å². The van der Waals surface area contributed by atoms with Gasteiger partial charge in [-0.1, -0.05) is 18.2 Å². The number of hydrogen-bond acceptors (Lipinski definition) is 3. The molecule has 0 unspecified atom stereocenters. The lowest BCUT2D eigenvalue weighted by atomic mass is 10.2. The second-order valence-electron chi connectivity index (χ2n) is 4.59. The Bertz CT molecular complexity index is 504. The molecule has 0 fully saturated rings. The maximum absolute atomic E-state index is 12.4. The number of nitrogens with two attached hydrogens (primary N) is 1. The van der Waals surface area contributed by atoms with Crippen molar-refractivity contribution in [2.75, 3.05) is 25.0 Å². The number of aliphatic carboxylic acids is 1. The smallest absolute Gasteiger partial charge is 0.324 e. The first-order valence-electron chi connectivity index (χ1n) is 6.49. The number of primary amides is 1. The summed E-state index contributed by atoms with van der Waals surface area (Å²) in [7, 11) is 1.47. The molecule has 114 valence electrons. The van der Waals surface area contributed by atoms with Crippen LogP contribution in [0.3, 0.4) is 0 Å². The standard InChI is InChI=1S/C14H19N3O4/c1-16(10-12(15)18)14(21)17(9-5-8-13(19)20)11-6-3-2-4-7-11/h2-4,6-7H,5,8-10H2,1H3,(H2,15,18)(H,19,20). The van der Waals surface area contributed by atoms with E-state index >= 15 is 0 Å². The molecular formula is C14H19N3O4. The maximum Gasteiger partial charge on any atom is 0.324 e. The number of nitrogens with zero attached hydrogens (tertiary/aromatic N) is 2. The van der Waals surface area contributed by atoms with E-state index in [9.17, 15) is 14.4 Å². The molecule has 0 aliphatic rings. The highest BCUT2D eigenvalue weighted by atomic mass is 16.4. The van der Waals surface area contributed by atoms with Gasteiger partial charge in [0.05, 0.1) is 0 Å². The summed E-state index contributed by atoms with van der Waals surface area (Å²) >= 11 is 0. The maximum atomic E-state index is 12.4. The zero-order valence-electron chi connectivity index (χ0n) is 11.9. The van der Waals surface area contributed by atoms with Crippen LogP contribution in [0.1, 0.15) is 12.8 Å². The van der Waals surface area contributed by atoms with Crippen LogP contribution >= 0.6 is 0 Å². The van der Waals surface area contributed by atoms with Gasteiger partial charge in [0, 0.05) is 25.7 Å². The fourth-order valence-electron chi connectivity index (χ4n) is 1.84. The lowest BCUT2D eigenvalue weighted by Gasteiger charge is -2.27. The van der Waals surface area contributed by atoms with E-state index in [1.165, 1.54) is 16.8 Å². The fourth-order valence-corrected chi connectivity index (χ4v) is 1.84. The van der Waals surface area contributed by atoms with Gasteiger partial charge in [-0.3, -0.25) is 14.5 Å². The molecule has 0 aromatic heterocycles. The van der Waals surface area contributed by atoms with Gasteiger partial charge in [0.25, 0.3) is 0 Å². The van der Waals surface area contributed by atoms with E-state index in [1.54, 1.807) is 24.3 Å². The molecule has 0 bridgehead atoms. The summed E-state index contributed by atoms with van der Waals surface area (Å²) < 4.78 is 0. The minimum absolute atomic E-state index is 0.0316. The molecule has 1 rings (SSSR count). The Balaban J connectivity index is 2.83. The Hall–Kier alpha value is -2.57. The first kappa shape index (κ1) is 16.5. The van der Waals surface area contributed by atoms with Gasteiger partial charge < -0.3 is 15.7 Å². The number of urea groups is 1. The largest absolute Gasteiger partial charge is 0.481 e. The van der Waals surface area contributed by atoms with E-state index in [0.29, 0.717) is 12.1 Å². The Kier molecular flexibility index (Phi) is 6.19. The molecule has 0 spiro atoms. The van der Waals surface area contributed by atoms with Gasteiger partial charge in [-0.25, -0.2) is 4.79 Å². The van der Waals surface area contributed by atoms with Crippen molar-refractivity contribution in [2.45, 2.75) is 12.8 Å². The monoisotopic (exact) mass is 293 g/mol. The molecule has 1 aromatic carbocycles. The summed E-state index contributed by atoms with van der Waals surface area (Å²) in [6.07, 6.45) is 0.288. The van der Waals surface area contributed by atoms with Gasteiger partial charge in [-0.15, -0.1) is 0 Å². The van der Waals surface area contributed by atoms with Gasteiger partial charge in [-0.05, 0) is 18.6 Å². The van der Waals surface area contributed by atoms with Crippen molar-refractivity contribution in [1.29, 1.82) is 0 Å². The van der Waals surface area contributed by atoms with Crippen molar-refractivity contribution in [3.63, 3.8) is 0 Å². The van der Waals surface area contributed by atoms with Crippen molar-refractivity contribution in [2.24, 2.45) is 5.73 Å². The van der Waals surface area contributed by atoms with Crippen LogP contribution in [-0.2, 0) is 9.59 Å². The number of amides is 3. The number of anilines is 1. The summed E-state index contributed by atoms with van der Waals surface area (Å²) in [4.78, 5) is 36.5. The average molecular weight is 293 g/mol. The number of carboxylic acid groups (broad SMARTS) is 1. The molecule has 1 aromatic rings. The number of carbonyl (C=O) groups is 3. The van der Waals surface area contributed by atoms with E-state index in [4.69, 9.17) is 10.8 Å². The van der Waals surface area contributed by atoms with Crippen molar-refractivity contribution >= 4 is 23.6 Å². The first-order chi connectivity index (χ1) is 9.91. The lowest BCUT2D eigenvalue weighted by molar-refractivity contribution is -0.137. The van der Waals surface area contributed by atoms with Crippen molar-refractivity contribution in [3.8, 4) is 0 Å². The molecule has 7 heteroatoms. The Morgan fingerprint density at radius 3 is 2.33 bits per heavy atom. The van der Waals surface area contributed by atoms with Gasteiger partial charge in [0.2, 0.25) is 5.91 Å². The highest BCUT2D eigenvalue weighted by Gasteiger charge is 2.20. The van der Waals surface area contributed by atoms with E-state index in [0.717, 1.165) is 0 Å². The van der Waals surface area contributed by atoms with Crippen molar-refractivity contribution in [3.05, 3.63) is 30.3 Å². The van der Waals surface area contributed by atoms with Crippen LogP contribution in [0, 0.1) is 0 Å². The number of para-hydroxylation sites is 1. The third-order valence-electron chi connectivity index (χ3n) is 2.79. The summed E-state index contributed by atoms with van der Waals surface area (Å²) in [6.45, 7) is 0.0549. The van der Waals surface area contributed by atoms with Gasteiger partial charge in [0.15, 0.2) is 0 Å². The molecule has 0 saturated heterocycles. The van der Waals surface area contributed by atoms with E-state index in [2.05, 4.69) is 0 Å². The van der Waals surface area contributed by atoms with Crippen molar-refractivity contribution < 1.29 is 19.5 Å². The molecule has 7 nitrogen and oxygen atoms in total. The Morgan fingerprint density at radius 1 is 1.19 bits per heavy atom. The molecule has 3 amide bonds. The zero-order valence-corrected chi connectivity index (χ0v) is 11.9. The topological polar surface area (TPSA) is 104 Å². The number of likely N-dealkylation sites (N-methyl/N-ethyl adjacent to an activating group) is 1. The first-order valence-corrected chi connectivity index (χ1v) is 6.49. The quantitative estimate of drug-likeness (QED) is 0.779. The van der Waals surface area contributed by atoms with Crippen LogP contribution in [0.25, 0.3) is 0 Å². The molecule has 0 radical (unpaired) electrons. The molecule has 0 aliphatic heterocycles. The predicted octanol–water partition coefficient (Wildman–Crippen LogP) is 0.895. The normalized spacial score (nSPS) is 9.95.